The van der Waals surface area contributed by atoms with Gasteiger partial charge in [0.1, 0.15) is 0 Å². The molecule has 74 valence electrons. The van der Waals surface area contributed by atoms with Crippen LogP contribution >= 0.6 is 0 Å². The lowest BCUT2D eigenvalue weighted by Gasteiger charge is -2.04. The van der Waals surface area contributed by atoms with Gasteiger partial charge in [0.15, 0.2) is 0 Å². The lowest BCUT2D eigenvalue weighted by Crippen LogP contribution is -2.21. The van der Waals surface area contributed by atoms with Gasteiger partial charge in [0, 0.05) is 32.6 Å². The lowest BCUT2D eigenvalue weighted by molar-refractivity contribution is 0.199. The molecular formula is C9H17N3O. The summed E-state index contributed by atoms with van der Waals surface area (Å²) in [5.74, 6) is 0. The Kier molecular flexibility index (Phi) is 5.20. The second-order valence-electron chi connectivity index (χ2n) is 2.90. The van der Waals surface area contributed by atoms with Gasteiger partial charge in [-0.25, -0.2) is 4.98 Å². The fourth-order valence-electron chi connectivity index (χ4n) is 1.10. The van der Waals surface area contributed by atoms with E-state index in [4.69, 9.17) is 4.74 Å². The zero-order valence-electron chi connectivity index (χ0n) is 8.07. The molecule has 1 N–H and O–H groups in total. The molecule has 0 atom stereocenters. The number of ether oxygens (including phenoxy) is 1. The molecule has 0 amide bonds. The maximum absolute atomic E-state index is 4.92. The van der Waals surface area contributed by atoms with Gasteiger partial charge in [-0.3, -0.25) is 0 Å². The normalized spacial score (nSPS) is 10.5. The minimum absolute atomic E-state index is 0.783. The molecule has 0 aliphatic rings. The summed E-state index contributed by atoms with van der Waals surface area (Å²) in [6, 6.07) is 0. The molecule has 0 unspecified atom stereocenters. The van der Waals surface area contributed by atoms with Crippen molar-refractivity contribution in [2.45, 2.75) is 13.0 Å². The fourth-order valence-corrected chi connectivity index (χ4v) is 1.10. The summed E-state index contributed by atoms with van der Waals surface area (Å²) < 4.78 is 7.00. The van der Waals surface area contributed by atoms with Gasteiger partial charge in [-0.15, -0.1) is 0 Å². The molecular weight excluding hydrogens is 166 g/mol. The maximum Gasteiger partial charge on any atom is 0.0945 e. The largest absolute Gasteiger partial charge is 0.383 e. The van der Waals surface area contributed by atoms with E-state index in [1.165, 1.54) is 0 Å². The van der Waals surface area contributed by atoms with Crippen molar-refractivity contribution in [1.29, 1.82) is 0 Å². The molecule has 0 fully saturated rings. The number of hydrogen-bond donors (Lipinski definition) is 1. The van der Waals surface area contributed by atoms with Gasteiger partial charge in [0.2, 0.25) is 0 Å². The first-order valence-electron chi connectivity index (χ1n) is 4.59. The SMILES string of the molecule is COCCNCCCn1ccnc1. The predicted octanol–water partition coefficient (Wildman–Crippen LogP) is 0.509. The first-order valence-corrected chi connectivity index (χ1v) is 4.59. The van der Waals surface area contributed by atoms with Crippen LogP contribution in [0.4, 0.5) is 0 Å². The summed E-state index contributed by atoms with van der Waals surface area (Å²) >= 11 is 0. The zero-order valence-corrected chi connectivity index (χ0v) is 8.07. The van der Waals surface area contributed by atoms with E-state index in [1.807, 2.05) is 12.5 Å². The molecule has 1 rings (SSSR count). The Hall–Kier alpha value is -0.870. The van der Waals surface area contributed by atoms with Crippen LogP contribution in [0.25, 0.3) is 0 Å². The second kappa shape index (κ2) is 6.62. The van der Waals surface area contributed by atoms with Gasteiger partial charge in [-0.05, 0) is 13.0 Å². The van der Waals surface area contributed by atoms with E-state index < -0.39 is 0 Å². The third-order valence-electron chi connectivity index (χ3n) is 1.81. The molecule has 0 aliphatic carbocycles. The maximum atomic E-state index is 4.92. The highest BCUT2D eigenvalue weighted by Crippen LogP contribution is 1.88. The van der Waals surface area contributed by atoms with Crippen LogP contribution in [0.3, 0.4) is 0 Å². The van der Waals surface area contributed by atoms with Gasteiger partial charge >= 0.3 is 0 Å². The number of rotatable bonds is 7. The smallest absolute Gasteiger partial charge is 0.0945 e. The molecule has 0 aliphatic heterocycles. The Labute approximate surface area is 78.9 Å². The first-order chi connectivity index (χ1) is 6.43. The summed E-state index contributed by atoms with van der Waals surface area (Å²) in [4.78, 5) is 3.97. The Morgan fingerprint density at radius 1 is 1.46 bits per heavy atom. The van der Waals surface area contributed by atoms with Crippen LogP contribution in [0, 0.1) is 0 Å². The topological polar surface area (TPSA) is 39.1 Å². The van der Waals surface area contributed by atoms with Crippen molar-refractivity contribution in [3.05, 3.63) is 18.7 Å². The van der Waals surface area contributed by atoms with E-state index in [-0.39, 0.29) is 0 Å². The third-order valence-corrected chi connectivity index (χ3v) is 1.81. The van der Waals surface area contributed by atoms with Crippen LogP contribution in [0.15, 0.2) is 18.7 Å². The zero-order chi connectivity index (χ0) is 9.36. The monoisotopic (exact) mass is 183 g/mol. The van der Waals surface area contributed by atoms with E-state index in [9.17, 15) is 0 Å². The average molecular weight is 183 g/mol. The molecule has 0 bridgehead atoms. The summed E-state index contributed by atoms with van der Waals surface area (Å²) in [5, 5.41) is 3.29. The molecule has 0 aromatic carbocycles. The lowest BCUT2D eigenvalue weighted by atomic mass is 10.4. The molecule has 0 spiro atoms. The second-order valence-corrected chi connectivity index (χ2v) is 2.90. The summed E-state index contributed by atoms with van der Waals surface area (Å²) in [6.45, 7) is 3.77. The predicted molar refractivity (Wildman–Crippen MR) is 51.6 cm³/mol. The van der Waals surface area contributed by atoms with Crippen LogP contribution in [-0.4, -0.2) is 36.4 Å². The highest BCUT2D eigenvalue weighted by atomic mass is 16.5. The van der Waals surface area contributed by atoms with E-state index >= 15 is 0 Å². The summed E-state index contributed by atoms with van der Waals surface area (Å²) in [7, 11) is 1.72. The van der Waals surface area contributed by atoms with Gasteiger partial charge < -0.3 is 14.6 Å². The summed E-state index contributed by atoms with van der Waals surface area (Å²) in [5.41, 5.74) is 0. The van der Waals surface area contributed by atoms with Gasteiger partial charge in [0.25, 0.3) is 0 Å². The van der Waals surface area contributed by atoms with Crippen molar-refractivity contribution in [3.8, 4) is 0 Å². The quantitative estimate of drug-likeness (QED) is 0.626. The molecule has 1 aromatic heterocycles. The third kappa shape index (κ3) is 4.65. The number of imidazole rings is 1. The molecule has 0 saturated carbocycles. The number of aromatic nitrogens is 2. The van der Waals surface area contributed by atoms with Crippen molar-refractivity contribution in [2.24, 2.45) is 0 Å². The molecule has 4 heteroatoms. The van der Waals surface area contributed by atoms with Crippen LogP contribution < -0.4 is 5.32 Å². The minimum Gasteiger partial charge on any atom is -0.383 e. The molecule has 4 nitrogen and oxygen atoms in total. The minimum atomic E-state index is 0.783. The molecule has 0 saturated heterocycles. The highest BCUT2D eigenvalue weighted by Gasteiger charge is 1.89. The number of aryl methyl sites for hydroxylation is 1. The van der Waals surface area contributed by atoms with Gasteiger partial charge in [-0.1, -0.05) is 0 Å². The van der Waals surface area contributed by atoms with E-state index in [2.05, 4.69) is 14.9 Å². The molecule has 0 radical (unpaired) electrons. The fraction of sp³-hybridized carbons (Fsp3) is 0.667. The molecule has 1 aromatic rings. The van der Waals surface area contributed by atoms with Crippen LogP contribution in [-0.2, 0) is 11.3 Å². The number of hydrogen-bond acceptors (Lipinski definition) is 3. The van der Waals surface area contributed by atoms with Crippen LogP contribution in [0.5, 0.6) is 0 Å². The average Bonchev–Trinajstić information content (AvgIpc) is 2.63. The Balaban J connectivity index is 1.90. The van der Waals surface area contributed by atoms with E-state index in [0.29, 0.717) is 0 Å². The Morgan fingerprint density at radius 2 is 2.38 bits per heavy atom. The molecule has 13 heavy (non-hydrogen) atoms. The van der Waals surface area contributed by atoms with Crippen molar-refractivity contribution < 1.29 is 4.74 Å². The standard InChI is InChI=1S/C9H17N3O/c1-13-8-5-10-3-2-6-12-7-4-11-9-12/h4,7,9-10H,2-3,5-6,8H2,1H3. The van der Waals surface area contributed by atoms with Crippen molar-refractivity contribution in [2.75, 3.05) is 26.8 Å². The van der Waals surface area contributed by atoms with Crippen molar-refractivity contribution in [1.82, 2.24) is 14.9 Å². The van der Waals surface area contributed by atoms with Crippen molar-refractivity contribution >= 4 is 0 Å². The van der Waals surface area contributed by atoms with Crippen LogP contribution in [0.1, 0.15) is 6.42 Å². The van der Waals surface area contributed by atoms with E-state index in [1.54, 1.807) is 13.3 Å². The number of nitrogens with zero attached hydrogens (tertiary/aromatic N) is 2. The van der Waals surface area contributed by atoms with Gasteiger partial charge in [-0.2, -0.15) is 0 Å². The number of nitrogens with one attached hydrogen (secondary N) is 1. The van der Waals surface area contributed by atoms with Gasteiger partial charge in [0.05, 0.1) is 12.9 Å². The number of methoxy groups -OCH3 is 1. The Bertz CT molecular complexity index is 199. The van der Waals surface area contributed by atoms with Crippen molar-refractivity contribution in [3.63, 3.8) is 0 Å². The first kappa shape index (κ1) is 10.2. The highest BCUT2D eigenvalue weighted by molar-refractivity contribution is 4.73. The van der Waals surface area contributed by atoms with E-state index in [0.717, 1.165) is 32.7 Å². The van der Waals surface area contributed by atoms with Crippen LogP contribution in [0.2, 0.25) is 0 Å². The molecule has 1 heterocycles. The summed E-state index contributed by atoms with van der Waals surface area (Å²) in [6.07, 6.45) is 6.75. The Morgan fingerprint density at radius 3 is 3.08 bits per heavy atom.